The van der Waals surface area contributed by atoms with Gasteiger partial charge >= 0.3 is 6.18 Å². The monoisotopic (exact) mass is 331 g/mol. The number of pyridine rings is 1. The number of nitriles is 1. The number of nitrogens with zero attached hydrogens (tertiary/aromatic N) is 2. The lowest BCUT2D eigenvalue weighted by Gasteiger charge is -2.06. The van der Waals surface area contributed by atoms with Crippen LogP contribution in [0.1, 0.15) is 16.8 Å². The number of halogens is 3. The summed E-state index contributed by atoms with van der Waals surface area (Å²) < 4.78 is 37.5. The third kappa shape index (κ3) is 4.68. The third-order valence-electron chi connectivity index (χ3n) is 3.07. The van der Waals surface area contributed by atoms with Gasteiger partial charge in [0.05, 0.1) is 17.8 Å². The van der Waals surface area contributed by atoms with Crippen LogP contribution < -0.4 is 5.32 Å². The maximum atomic E-state index is 12.5. The summed E-state index contributed by atoms with van der Waals surface area (Å²) in [6.07, 6.45) is -1.63. The summed E-state index contributed by atoms with van der Waals surface area (Å²) in [5.74, 6) is -0.622. The van der Waals surface area contributed by atoms with Crippen LogP contribution in [-0.2, 0) is 17.5 Å². The molecule has 0 spiro atoms. The molecule has 1 heterocycles. The van der Waals surface area contributed by atoms with Crippen molar-refractivity contribution in [2.75, 3.05) is 0 Å². The molecule has 1 N–H and O–H groups in total. The Labute approximate surface area is 136 Å². The fourth-order valence-corrected chi connectivity index (χ4v) is 1.85. The molecule has 122 valence electrons. The van der Waals surface area contributed by atoms with Crippen LogP contribution >= 0.6 is 0 Å². The Morgan fingerprint density at radius 2 is 1.92 bits per heavy atom. The summed E-state index contributed by atoms with van der Waals surface area (Å²) in [6.45, 7) is 0.145. The van der Waals surface area contributed by atoms with Gasteiger partial charge in [-0.1, -0.05) is 18.2 Å². The number of benzene rings is 1. The second kappa shape index (κ2) is 7.42. The minimum Gasteiger partial charge on any atom is -0.346 e. The zero-order valence-electron chi connectivity index (χ0n) is 12.3. The fourth-order valence-electron chi connectivity index (χ4n) is 1.85. The third-order valence-corrected chi connectivity index (χ3v) is 3.07. The number of hydrogen-bond donors (Lipinski definition) is 1. The Morgan fingerprint density at radius 3 is 2.46 bits per heavy atom. The average molecular weight is 331 g/mol. The van der Waals surface area contributed by atoms with Gasteiger partial charge in [-0.05, 0) is 35.9 Å². The Balaban J connectivity index is 2.08. The van der Waals surface area contributed by atoms with Crippen molar-refractivity contribution in [3.63, 3.8) is 0 Å². The number of rotatable bonds is 4. The van der Waals surface area contributed by atoms with Crippen LogP contribution in [0.4, 0.5) is 13.2 Å². The first-order valence-corrected chi connectivity index (χ1v) is 6.87. The topological polar surface area (TPSA) is 65.8 Å². The van der Waals surface area contributed by atoms with Gasteiger partial charge in [0.1, 0.15) is 11.6 Å². The molecule has 1 aromatic heterocycles. The van der Waals surface area contributed by atoms with E-state index < -0.39 is 17.6 Å². The molecule has 0 aliphatic carbocycles. The minimum atomic E-state index is -4.43. The van der Waals surface area contributed by atoms with Crippen LogP contribution in [0.2, 0.25) is 0 Å². The van der Waals surface area contributed by atoms with Crippen molar-refractivity contribution in [3.8, 4) is 6.07 Å². The van der Waals surface area contributed by atoms with E-state index in [9.17, 15) is 18.0 Å². The van der Waals surface area contributed by atoms with E-state index in [0.29, 0.717) is 11.3 Å². The maximum Gasteiger partial charge on any atom is 0.416 e. The molecule has 0 fully saturated rings. The van der Waals surface area contributed by atoms with E-state index in [1.165, 1.54) is 18.2 Å². The van der Waals surface area contributed by atoms with E-state index in [1.807, 2.05) is 0 Å². The van der Waals surface area contributed by atoms with E-state index in [1.54, 1.807) is 30.5 Å². The lowest BCUT2D eigenvalue weighted by Crippen LogP contribution is -2.24. The van der Waals surface area contributed by atoms with Gasteiger partial charge in [0.2, 0.25) is 0 Å². The van der Waals surface area contributed by atoms with E-state index in [2.05, 4.69) is 10.3 Å². The fraction of sp³-hybridized carbons (Fsp3) is 0.118. The molecular formula is C17H12F3N3O. The molecule has 0 saturated heterocycles. The van der Waals surface area contributed by atoms with E-state index in [-0.39, 0.29) is 12.1 Å². The highest BCUT2D eigenvalue weighted by Gasteiger charge is 2.29. The number of carbonyl (C=O) groups is 1. The normalized spacial score (nSPS) is 11.7. The van der Waals surface area contributed by atoms with Gasteiger partial charge in [0.25, 0.3) is 5.91 Å². The van der Waals surface area contributed by atoms with Crippen molar-refractivity contribution in [1.29, 1.82) is 5.26 Å². The second-order valence-corrected chi connectivity index (χ2v) is 4.79. The van der Waals surface area contributed by atoms with E-state index in [4.69, 9.17) is 5.26 Å². The molecule has 0 radical (unpaired) electrons. The van der Waals surface area contributed by atoms with Crippen molar-refractivity contribution in [3.05, 3.63) is 71.1 Å². The molecule has 0 bridgehead atoms. The zero-order valence-corrected chi connectivity index (χ0v) is 12.3. The molecule has 0 aliphatic rings. The van der Waals surface area contributed by atoms with Crippen LogP contribution in [0.3, 0.4) is 0 Å². The first-order valence-electron chi connectivity index (χ1n) is 6.87. The summed E-state index contributed by atoms with van der Waals surface area (Å²) in [7, 11) is 0. The number of carbonyl (C=O) groups excluding carboxylic acids is 1. The standard InChI is InChI=1S/C17H12F3N3O/c18-17(19,20)14-6-4-12(5-7-14)9-13(10-21)16(24)23-11-15-3-1-2-8-22-15/h1-9H,11H2,(H,23,24). The van der Waals surface area contributed by atoms with Gasteiger partial charge in [0, 0.05) is 6.20 Å². The Hall–Kier alpha value is -3.14. The molecule has 2 aromatic rings. The van der Waals surface area contributed by atoms with Gasteiger partial charge < -0.3 is 5.32 Å². The molecule has 0 atom stereocenters. The van der Waals surface area contributed by atoms with Crippen molar-refractivity contribution in [1.82, 2.24) is 10.3 Å². The van der Waals surface area contributed by atoms with E-state index >= 15 is 0 Å². The molecular weight excluding hydrogens is 319 g/mol. The predicted molar refractivity (Wildman–Crippen MR) is 81.1 cm³/mol. The minimum absolute atomic E-state index is 0.145. The van der Waals surface area contributed by atoms with Crippen LogP contribution in [-0.4, -0.2) is 10.9 Å². The molecule has 0 saturated carbocycles. The van der Waals surface area contributed by atoms with Crippen molar-refractivity contribution >= 4 is 12.0 Å². The quantitative estimate of drug-likeness (QED) is 0.690. The Morgan fingerprint density at radius 1 is 1.21 bits per heavy atom. The van der Waals surface area contributed by atoms with Gasteiger partial charge in [0.15, 0.2) is 0 Å². The van der Waals surface area contributed by atoms with Gasteiger partial charge in [-0.25, -0.2) is 0 Å². The first-order chi connectivity index (χ1) is 11.4. The molecule has 2 rings (SSSR count). The van der Waals surface area contributed by atoms with Crippen LogP contribution in [0, 0.1) is 11.3 Å². The highest BCUT2D eigenvalue weighted by molar-refractivity contribution is 6.01. The van der Waals surface area contributed by atoms with Gasteiger partial charge in [-0.2, -0.15) is 18.4 Å². The molecule has 1 amide bonds. The second-order valence-electron chi connectivity index (χ2n) is 4.79. The predicted octanol–water partition coefficient (Wildman–Crippen LogP) is 3.32. The molecule has 4 nitrogen and oxygen atoms in total. The largest absolute Gasteiger partial charge is 0.416 e. The summed E-state index contributed by atoms with van der Waals surface area (Å²) in [4.78, 5) is 16.0. The SMILES string of the molecule is N#CC(=Cc1ccc(C(F)(F)F)cc1)C(=O)NCc1ccccn1. The average Bonchev–Trinajstić information content (AvgIpc) is 2.58. The molecule has 24 heavy (non-hydrogen) atoms. The van der Waals surface area contributed by atoms with Crippen molar-refractivity contribution in [2.24, 2.45) is 0 Å². The highest BCUT2D eigenvalue weighted by atomic mass is 19.4. The number of nitrogens with one attached hydrogen (secondary N) is 1. The smallest absolute Gasteiger partial charge is 0.346 e. The number of alkyl halides is 3. The van der Waals surface area contributed by atoms with Gasteiger partial charge in [-0.15, -0.1) is 0 Å². The summed E-state index contributed by atoms with van der Waals surface area (Å²) in [5, 5.41) is 11.6. The van der Waals surface area contributed by atoms with E-state index in [0.717, 1.165) is 12.1 Å². The van der Waals surface area contributed by atoms with Crippen molar-refractivity contribution < 1.29 is 18.0 Å². The maximum absolute atomic E-state index is 12.5. The lowest BCUT2D eigenvalue weighted by molar-refractivity contribution is -0.137. The first kappa shape index (κ1) is 17.2. The van der Waals surface area contributed by atoms with Crippen molar-refractivity contribution in [2.45, 2.75) is 12.7 Å². The molecule has 0 aliphatic heterocycles. The lowest BCUT2D eigenvalue weighted by atomic mass is 10.1. The summed E-state index contributed by atoms with van der Waals surface area (Å²) in [5.41, 5.74) is -0.0475. The number of amides is 1. The van der Waals surface area contributed by atoms with Crippen LogP contribution in [0.25, 0.3) is 6.08 Å². The Kier molecular flexibility index (Phi) is 5.32. The van der Waals surface area contributed by atoms with Gasteiger partial charge in [-0.3, -0.25) is 9.78 Å². The number of aromatic nitrogens is 1. The van der Waals surface area contributed by atoms with Crippen LogP contribution in [0.5, 0.6) is 0 Å². The molecule has 0 unspecified atom stereocenters. The van der Waals surface area contributed by atoms with Crippen LogP contribution in [0.15, 0.2) is 54.2 Å². The molecule has 1 aromatic carbocycles. The summed E-state index contributed by atoms with van der Waals surface area (Å²) >= 11 is 0. The summed E-state index contributed by atoms with van der Waals surface area (Å²) in [6, 6.07) is 11.1. The molecule has 7 heteroatoms. The zero-order chi connectivity index (χ0) is 17.6. The Bertz CT molecular complexity index is 775. The highest BCUT2D eigenvalue weighted by Crippen LogP contribution is 2.29. The number of hydrogen-bond acceptors (Lipinski definition) is 3.